The quantitative estimate of drug-likeness (QED) is 0.787. The third-order valence-corrected chi connectivity index (χ3v) is 3.32. The molecule has 0 spiro atoms. The van der Waals surface area contributed by atoms with Crippen LogP contribution in [0.1, 0.15) is 5.56 Å². The summed E-state index contributed by atoms with van der Waals surface area (Å²) in [5.41, 5.74) is 0.916. The zero-order valence-corrected chi connectivity index (χ0v) is 13.9. The molecule has 1 aromatic heterocycles. The molecule has 1 amide bonds. The van der Waals surface area contributed by atoms with Crippen LogP contribution in [0.2, 0.25) is 0 Å². The SMILES string of the molecule is COc1ccc(OCC(=O)Nc2ncc(I)cc2C)cc1. The molecule has 6 heteroatoms. The van der Waals surface area contributed by atoms with Gasteiger partial charge >= 0.3 is 0 Å². The summed E-state index contributed by atoms with van der Waals surface area (Å²) in [6.45, 7) is 1.83. The van der Waals surface area contributed by atoms with Crippen molar-refractivity contribution >= 4 is 34.3 Å². The summed E-state index contributed by atoms with van der Waals surface area (Å²) in [4.78, 5) is 16.0. The van der Waals surface area contributed by atoms with Crippen LogP contribution < -0.4 is 14.8 Å². The Balaban J connectivity index is 1.89. The van der Waals surface area contributed by atoms with Gasteiger partial charge in [0.15, 0.2) is 6.61 Å². The minimum Gasteiger partial charge on any atom is -0.497 e. The maximum atomic E-state index is 11.8. The summed E-state index contributed by atoms with van der Waals surface area (Å²) < 4.78 is 11.5. The van der Waals surface area contributed by atoms with Gasteiger partial charge in [-0.1, -0.05) is 0 Å². The smallest absolute Gasteiger partial charge is 0.263 e. The highest BCUT2D eigenvalue weighted by Crippen LogP contribution is 2.17. The third-order valence-electron chi connectivity index (χ3n) is 2.73. The van der Waals surface area contributed by atoms with E-state index < -0.39 is 0 Å². The molecule has 0 saturated carbocycles. The second-order valence-corrected chi connectivity index (χ2v) is 5.58. The molecule has 1 heterocycles. The van der Waals surface area contributed by atoms with Gasteiger partial charge in [0, 0.05) is 9.77 Å². The number of nitrogens with zero attached hydrogens (tertiary/aromatic N) is 1. The standard InChI is InChI=1S/C15H15IN2O3/c1-10-7-11(16)8-17-15(10)18-14(19)9-21-13-5-3-12(20-2)4-6-13/h3-8H,9H2,1-2H3,(H,17,18,19). The third kappa shape index (κ3) is 4.59. The van der Waals surface area contributed by atoms with E-state index in [2.05, 4.69) is 32.9 Å². The molecule has 0 aliphatic carbocycles. The zero-order valence-electron chi connectivity index (χ0n) is 11.7. The van der Waals surface area contributed by atoms with Crippen LogP contribution in [0, 0.1) is 10.5 Å². The van der Waals surface area contributed by atoms with E-state index in [0.29, 0.717) is 11.6 Å². The predicted octanol–water partition coefficient (Wildman–Crippen LogP) is 3.02. The van der Waals surface area contributed by atoms with E-state index in [9.17, 15) is 4.79 Å². The van der Waals surface area contributed by atoms with Gasteiger partial charge in [-0.25, -0.2) is 4.98 Å². The maximum absolute atomic E-state index is 11.8. The fourth-order valence-electron chi connectivity index (χ4n) is 1.66. The fraction of sp³-hybridized carbons (Fsp3) is 0.200. The molecule has 1 aromatic carbocycles. The minimum absolute atomic E-state index is 0.0700. The van der Waals surface area contributed by atoms with Crippen molar-refractivity contribution in [1.29, 1.82) is 0 Å². The fourth-order valence-corrected chi connectivity index (χ4v) is 2.27. The molecule has 2 aromatic rings. The normalized spacial score (nSPS) is 10.0. The summed E-state index contributed by atoms with van der Waals surface area (Å²) in [7, 11) is 1.60. The number of methoxy groups -OCH3 is 1. The van der Waals surface area contributed by atoms with Crippen LogP contribution in [0.15, 0.2) is 36.5 Å². The molecule has 110 valence electrons. The first kappa shape index (κ1) is 15.6. The highest BCUT2D eigenvalue weighted by molar-refractivity contribution is 14.1. The van der Waals surface area contributed by atoms with Crippen LogP contribution in [-0.4, -0.2) is 24.6 Å². The lowest BCUT2D eigenvalue weighted by molar-refractivity contribution is -0.118. The minimum atomic E-state index is -0.248. The van der Waals surface area contributed by atoms with Crippen LogP contribution >= 0.6 is 22.6 Å². The van der Waals surface area contributed by atoms with Crippen molar-refractivity contribution in [2.45, 2.75) is 6.92 Å². The largest absolute Gasteiger partial charge is 0.497 e. The molecular formula is C15H15IN2O3. The first-order valence-electron chi connectivity index (χ1n) is 6.27. The number of carbonyl (C=O) groups is 1. The van der Waals surface area contributed by atoms with Gasteiger partial charge in [-0.2, -0.15) is 0 Å². The van der Waals surface area contributed by atoms with Gasteiger partial charge in [-0.05, 0) is 65.4 Å². The van der Waals surface area contributed by atoms with E-state index in [4.69, 9.17) is 9.47 Å². The molecule has 2 rings (SSSR count). The number of aromatic nitrogens is 1. The number of benzene rings is 1. The molecule has 0 aliphatic heterocycles. The Morgan fingerprint density at radius 1 is 1.29 bits per heavy atom. The van der Waals surface area contributed by atoms with Crippen LogP contribution in [0.4, 0.5) is 5.82 Å². The maximum Gasteiger partial charge on any atom is 0.263 e. The van der Waals surface area contributed by atoms with Crippen molar-refractivity contribution in [2.24, 2.45) is 0 Å². The number of rotatable bonds is 5. The lowest BCUT2D eigenvalue weighted by atomic mass is 10.3. The Kier molecular flexibility index (Phi) is 5.38. The first-order valence-corrected chi connectivity index (χ1v) is 7.35. The topological polar surface area (TPSA) is 60.5 Å². The molecule has 5 nitrogen and oxygen atoms in total. The van der Waals surface area contributed by atoms with Crippen molar-refractivity contribution in [3.63, 3.8) is 0 Å². The average molecular weight is 398 g/mol. The van der Waals surface area contributed by atoms with Crippen molar-refractivity contribution in [3.05, 3.63) is 45.7 Å². The molecule has 1 N–H and O–H groups in total. The zero-order chi connectivity index (χ0) is 15.2. The number of aryl methyl sites for hydroxylation is 1. The van der Waals surface area contributed by atoms with Crippen molar-refractivity contribution in [1.82, 2.24) is 4.98 Å². The first-order chi connectivity index (χ1) is 10.1. The van der Waals surface area contributed by atoms with Crippen molar-refractivity contribution in [2.75, 3.05) is 19.0 Å². The van der Waals surface area contributed by atoms with Crippen LogP contribution in [-0.2, 0) is 4.79 Å². The van der Waals surface area contributed by atoms with Gasteiger partial charge < -0.3 is 14.8 Å². The second-order valence-electron chi connectivity index (χ2n) is 4.33. The van der Waals surface area contributed by atoms with Gasteiger partial charge in [-0.3, -0.25) is 4.79 Å². The molecular weight excluding hydrogens is 383 g/mol. The second kappa shape index (κ2) is 7.26. The lowest BCUT2D eigenvalue weighted by Gasteiger charge is -2.09. The molecule has 0 fully saturated rings. The number of nitrogens with one attached hydrogen (secondary N) is 1. The summed E-state index contributed by atoms with van der Waals surface area (Å²) in [5.74, 6) is 1.66. The molecule has 0 aliphatic rings. The van der Waals surface area contributed by atoms with E-state index in [-0.39, 0.29) is 12.5 Å². The highest BCUT2D eigenvalue weighted by atomic mass is 127. The number of anilines is 1. The van der Waals surface area contributed by atoms with Gasteiger partial charge in [0.05, 0.1) is 7.11 Å². The van der Waals surface area contributed by atoms with Crippen LogP contribution in [0.25, 0.3) is 0 Å². The molecule has 0 bridgehead atoms. The van der Waals surface area contributed by atoms with E-state index >= 15 is 0 Å². The molecule has 0 radical (unpaired) electrons. The van der Waals surface area contributed by atoms with Crippen LogP contribution in [0.3, 0.4) is 0 Å². The van der Waals surface area contributed by atoms with Crippen LogP contribution in [0.5, 0.6) is 11.5 Å². The molecule has 0 saturated heterocycles. The molecule has 0 unspecified atom stereocenters. The van der Waals surface area contributed by atoms with Gasteiger partial charge in [0.25, 0.3) is 5.91 Å². The Labute approximate surface area is 136 Å². The Morgan fingerprint density at radius 3 is 2.57 bits per heavy atom. The van der Waals surface area contributed by atoms with E-state index in [1.165, 1.54) is 0 Å². The van der Waals surface area contributed by atoms with E-state index in [1.807, 2.05) is 13.0 Å². The Hall–Kier alpha value is -1.83. The predicted molar refractivity (Wildman–Crippen MR) is 88.8 cm³/mol. The van der Waals surface area contributed by atoms with Crippen molar-refractivity contribution < 1.29 is 14.3 Å². The number of halogens is 1. The van der Waals surface area contributed by atoms with E-state index in [0.717, 1.165) is 14.9 Å². The Morgan fingerprint density at radius 2 is 1.95 bits per heavy atom. The number of hydrogen-bond acceptors (Lipinski definition) is 4. The molecule has 0 atom stereocenters. The van der Waals surface area contributed by atoms with Gasteiger partial charge in [-0.15, -0.1) is 0 Å². The average Bonchev–Trinajstić information content (AvgIpc) is 2.48. The number of carbonyl (C=O) groups excluding carboxylic acids is 1. The highest BCUT2D eigenvalue weighted by Gasteiger charge is 2.07. The number of amides is 1. The van der Waals surface area contributed by atoms with Gasteiger partial charge in [0.2, 0.25) is 0 Å². The summed E-state index contributed by atoms with van der Waals surface area (Å²) in [6, 6.07) is 9.00. The number of ether oxygens (including phenoxy) is 2. The van der Waals surface area contributed by atoms with E-state index in [1.54, 1.807) is 37.6 Å². The Bertz CT molecular complexity index is 629. The molecule has 21 heavy (non-hydrogen) atoms. The monoisotopic (exact) mass is 398 g/mol. The van der Waals surface area contributed by atoms with Gasteiger partial charge in [0.1, 0.15) is 17.3 Å². The summed E-state index contributed by atoms with van der Waals surface area (Å²) >= 11 is 2.18. The lowest BCUT2D eigenvalue weighted by Crippen LogP contribution is -2.21. The number of pyridine rings is 1. The number of hydrogen-bond donors (Lipinski definition) is 1. The van der Waals surface area contributed by atoms with Crippen molar-refractivity contribution in [3.8, 4) is 11.5 Å². The summed E-state index contributed by atoms with van der Waals surface area (Å²) in [6.07, 6.45) is 1.70. The summed E-state index contributed by atoms with van der Waals surface area (Å²) in [5, 5.41) is 2.73.